The third kappa shape index (κ3) is 4.10. The third-order valence-electron chi connectivity index (χ3n) is 5.99. The Morgan fingerprint density at radius 3 is 2.68 bits per heavy atom. The van der Waals surface area contributed by atoms with Crippen molar-refractivity contribution in [2.24, 2.45) is 5.92 Å². The van der Waals surface area contributed by atoms with Crippen molar-refractivity contribution in [1.29, 1.82) is 5.26 Å². The number of nitriles is 1. The zero-order chi connectivity index (χ0) is 19.3. The second-order valence-electron chi connectivity index (χ2n) is 8.01. The molecule has 0 N–H and O–H groups in total. The Morgan fingerprint density at radius 2 is 1.86 bits per heavy atom. The lowest BCUT2D eigenvalue weighted by atomic mass is 9.95. The number of hydrogen-bond donors (Lipinski definition) is 0. The molecule has 1 atom stereocenters. The second kappa shape index (κ2) is 8.58. The van der Waals surface area contributed by atoms with Crippen molar-refractivity contribution in [3.8, 4) is 17.2 Å². The van der Waals surface area contributed by atoms with Crippen molar-refractivity contribution in [2.45, 2.75) is 25.7 Å². The molecule has 2 fully saturated rings. The molecule has 0 radical (unpaired) electrons. The molecule has 4 rings (SSSR count). The summed E-state index contributed by atoms with van der Waals surface area (Å²) in [7, 11) is 0. The van der Waals surface area contributed by atoms with Crippen molar-refractivity contribution in [3.63, 3.8) is 0 Å². The minimum Gasteiger partial charge on any atom is -0.338 e. The van der Waals surface area contributed by atoms with Gasteiger partial charge in [-0.3, -0.25) is 4.79 Å². The van der Waals surface area contributed by atoms with E-state index in [4.69, 9.17) is 0 Å². The number of nitrogens with zero attached hydrogens (tertiary/aromatic N) is 3. The van der Waals surface area contributed by atoms with E-state index >= 15 is 0 Å². The average molecular weight is 374 g/mol. The van der Waals surface area contributed by atoms with Crippen molar-refractivity contribution >= 4 is 5.91 Å². The maximum absolute atomic E-state index is 13.2. The molecule has 0 aliphatic carbocycles. The Morgan fingerprint density at radius 1 is 1.04 bits per heavy atom. The minimum absolute atomic E-state index is 0.113. The van der Waals surface area contributed by atoms with Gasteiger partial charge in [0.05, 0.1) is 11.6 Å². The van der Waals surface area contributed by atoms with Gasteiger partial charge in [-0.05, 0) is 74.0 Å². The monoisotopic (exact) mass is 373 g/mol. The predicted octanol–water partition coefficient (Wildman–Crippen LogP) is 4.17. The Hall–Kier alpha value is -2.64. The van der Waals surface area contributed by atoms with Crippen LogP contribution in [0.2, 0.25) is 0 Å². The molecule has 0 unspecified atom stereocenters. The Bertz CT molecular complexity index is 879. The number of piperidine rings is 1. The summed E-state index contributed by atoms with van der Waals surface area (Å²) in [6.45, 7) is 5.25. The number of benzene rings is 2. The van der Waals surface area contributed by atoms with Crippen LogP contribution in [-0.2, 0) is 0 Å². The second-order valence-corrected chi connectivity index (χ2v) is 8.01. The van der Waals surface area contributed by atoms with Crippen LogP contribution in [0.5, 0.6) is 0 Å². The minimum atomic E-state index is 0.113. The Kier molecular flexibility index (Phi) is 5.73. The highest BCUT2D eigenvalue weighted by Gasteiger charge is 2.26. The SMILES string of the molecule is N#Cc1ccccc1-c1cccc(C(=O)N2CCC[C@H](CN3CCCC3)C2)c1. The molecule has 2 saturated heterocycles. The standard InChI is InChI=1S/C24H27N3O/c25-16-22-8-1-2-11-23(22)20-9-5-10-21(15-20)24(28)27-14-6-7-19(18-27)17-26-12-3-4-13-26/h1-2,5,8-11,15,19H,3-4,6-7,12-14,17-18H2/t19-/m1/s1. The molecular weight excluding hydrogens is 346 g/mol. The van der Waals surface area contributed by atoms with Crippen molar-refractivity contribution in [2.75, 3.05) is 32.7 Å². The van der Waals surface area contributed by atoms with Crippen LogP contribution in [0, 0.1) is 17.2 Å². The lowest BCUT2D eigenvalue weighted by Gasteiger charge is -2.34. The van der Waals surface area contributed by atoms with Crippen LogP contribution < -0.4 is 0 Å². The summed E-state index contributed by atoms with van der Waals surface area (Å²) < 4.78 is 0. The predicted molar refractivity (Wildman–Crippen MR) is 111 cm³/mol. The zero-order valence-corrected chi connectivity index (χ0v) is 16.3. The lowest BCUT2D eigenvalue weighted by molar-refractivity contribution is 0.0648. The third-order valence-corrected chi connectivity index (χ3v) is 5.99. The highest BCUT2D eigenvalue weighted by atomic mass is 16.2. The molecule has 0 spiro atoms. The van der Waals surface area contributed by atoms with Crippen LogP contribution in [0.1, 0.15) is 41.6 Å². The largest absolute Gasteiger partial charge is 0.338 e. The van der Waals surface area contributed by atoms with E-state index in [1.165, 1.54) is 32.4 Å². The molecule has 2 heterocycles. The molecule has 1 amide bonds. The number of carbonyl (C=O) groups is 1. The van der Waals surface area contributed by atoms with Gasteiger partial charge in [-0.15, -0.1) is 0 Å². The van der Waals surface area contributed by atoms with E-state index in [0.29, 0.717) is 17.0 Å². The molecule has 2 aromatic rings. The van der Waals surface area contributed by atoms with Crippen molar-refractivity contribution in [3.05, 3.63) is 59.7 Å². The van der Waals surface area contributed by atoms with Gasteiger partial charge in [-0.25, -0.2) is 0 Å². The number of amides is 1. The first-order chi connectivity index (χ1) is 13.7. The molecule has 0 bridgehead atoms. The first kappa shape index (κ1) is 18.7. The van der Waals surface area contributed by atoms with Crippen molar-refractivity contribution < 1.29 is 4.79 Å². The van der Waals surface area contributed by atoms with E-state index in [0.717, 1.165) is 37.2 Å². The fourth-order valence-electron chi connectivity index (χ4n) is 4.56. The summed E-state index contributed by atoms with van der Waals surface area (Å²) in [4.78, 5) is 17.7. The van der Waals surface area contributed by atoms with E-state index in [1.807, 2.05) is 53.4 Å². The van der Waals surface area contributed by atoms with Crippen LogP contribution in [0.4, 0.5) is 0 Å². The fourth-order valence-corrected chi connectivity index (χ4v) is 4.56. The van der Waals surface area contributed by atoms with Crippen LogP contribution in [-0.4, -0.2) is 48.4 Å². The Balaban J connectivity index is 1.49. The van der Waals surface area contributed by atoms with Gasteiger partial charge in [0.1, 0.15) is 0 Å². The molecular formula is C24H27N3O. The van der Waals surface area contributed by atoms with Gasteiger partial charge in [-0.2, -0.15) is 5.26 Å². The molecule has 144 valence electrons. The topological polar surface area (TPSA) is 47.3 Å². The smallest absolute Gasteiger partial charge is 0.253 e. The van der Waals surface area contributed by atoms with Crippen LogP contribution in [0.15, 0.2) is 48.5 Å². The number of carbonyl (C=O) groups excluding carboxylic acids is 1. The highest BCUT2D eigenvalue weighted by molar-refractivity contribution is 5.95. The zero-order valence-electron chi connectivity index (χ0n) is 16.3. The van der Waals surface area contributed by atoms with Crippen LogP contribution in [0.25, 0.3) is 11.1 Å². The normalized spacial score (nSPS) is 20.1. The van der Waals surface area contributed by atoms with E-state index in [1.54, 1.807) is 0 Å². The van der Waals surface area contributed by atoms with E-state index < -0.39 is 0 Å². The van der Waals surface area contributed by atoms with Crippen LogP contribution in [0.3, 0.4) is 0 Å². The van der Waals surface area contributed by atoms with Gasteiger partial charge in [0, 0.05) is 25.2 Å². The van der Waals surface area contributed by atoms with E-state index in [9.17, 15) is 10.1 Å². The van der Waals surface area contributed by atoms with Gasteiger partial charge in [0.25, 0.3) is 5.91 Å². The molecule has 0 aromatic heterocycles. The molecule has 2 aromatic carbocycles. The van der Waals surface area contributed by atoms with E-state index in [-0.39, 0.29) is 5.91 Å². The molecule has 28 heavy (non-hydrogen) atoms. The number of hydrogen-bond acceptors (Lipinski definition) is 3. The maximum atomic E-state index is 13.2. The highest BCUT2D eigenvalue weighted by Crippen LogP contribution is 2.26. The Labute approximate surface area is 167 Å². The van der Waals surface area contributed by atoms with E-state index in [2.05, 4.69) is 11.0 Å². The van der Waals surface area contributed by atoms with Gasteiger partial charge in [-0.1, -0.05) is 30.3 Å². The fraction of sp³-hybridized carbons (Fsp3) is 0.417. The van der Waals surface area contributed by atoms with Crippen molar-refractivity contribution in [1.82, 2.24) is 9.80 Å². The molecule has 2 aliphatic heterocycles. The van der Waals surface area contributed by atoms with Gasteiger partial charge in [0.15, 0.2) is 0 Å². The lowest BCUT2D eigenvalue weighted by Crippen LogP contribution is -2.43. The summed E-state index contributed by atoms with van der Waals surface area (Å²) in [6, 6.07) is 17.5. The van der Waals surface area contributed by atoms with Gasteiger partial charge >= 0.3 is 0 Å². The maximum Gasteiger partial charge on any atom is 0.253 e. The summed E-state index contributed by atoms with van der Waals surface area (Å²) in [5, 5.41) is 9.38. The van der Waals surface area contributed by atoms with Crippen LogP contribution >= 0.6 is 0 Å². The molecule has 4 heteroatoms. The first-order valence-corrected chi connectivity index (χ1v) is 10.4. The summed E-state index contributed by atoms with van der Waals surface area (Å²) in [5.41, 5.74) is 3.15. The molecule has 2 aliphatic rings. The summed E-state index contributed by atoms with van der Waals surface area (Å²) >= 11 is 0. The van der Waals surface area contributed by atoms with Gasteiger partial charge < -0.3 is 9.80 Å². The number of rotatable bonds is 4. The average Bonchev–Trinajstić information content (AvgIpc) is 3.26. The summed E-state index contributed by atoms with van der Waals surface area (Å²) in [6.07, 6.45) is 4.93. The summed E-state index contributed by atoms with van der Waals surface area (Å²) in [5.74, 6) is 0.695. The number of likely N-dealkylation sites (tertiary alicyclic amines) is 2. The molecule has 0 saturated carbocycles. The molecule has 4 nitrogen and oxygen atoms in total. The first-order valence-electron chi connectivity index (χ1n) is 10.4. The van der Waals surface area contributed by atoms with Gasteiger partial charge in [0.2, 0.25) is 0 Å². The quantitative estimate of drug-likeness (QED) is 0.808.